The molecule has 0 aliphatic rings. The zero-order valence-corrected chi connectivity index (χ0v) is 10.7. The molecule has 2 aromatic rings. The molecule has 3 nitrogen and oxygen atoms in total. The summed E-state index contributed by atoms with van der Waals surface area (Å²) in [5, 5.41) is 1.34. The first kappa shape index (κ1) is 14.0. The average Bonchev–Trinajstić information content (AvgIpc) is 2.77. The van der Waals surface area contributed by atoms with Crippen LogP contribution >= 0.6 is 11.6 Å². The van der Waals surface area contributed by atoms with E-state index < -0.39 is 13.0 Å². The van der Waals surface area contributed by atoms with Gasteiger partial charge in [-0.15, -0.1) is 0 Å². The summed E-state index contributed by atoms with van der Waals surface area (Å²) in [7, 11) is 0. The van der Waals surface area contributed by atoms with Gasteiger partial charge in [-0.1, -0.05) is 17.7 Å². The highest BCUT2D eigenvalue weighted by Gasteiger charge is 2.12. The predicted molar refractivity (Wildman–Crippen MR) is 69.1 cm³/mol. The number of aromatic nitrogens is 1. The number of fused-ring (bicyclic) bond motifs is 1. The molecular formula is C13H12ClF2NO2. The highest BCUT2D eigenvalue weighted by Crippen LogP contribution is 2.22. The summed E-state index contributed by atoms with van der Waals surface area (Å²) in [5.41, 5.74) is 1.29. The number of ether oxygens (including phenoxy) is 1. The second kappa shape index (κ2) is 6.12. The fraction of sp³-hybridized carbons (Fsp3) is 0.308. The number of Topliss-reactive ketones (excluding diaryl/α,β-unsaturated/α-hetero) is 1. The van der Waals surface area contributed by atoms with Gasteiger partial charge in [-0.2, -0.15) is 0 Å². The number of rotatable bonds is 6. The molecular weight excluding hydrogens is 276 g/mol. The van der Waals surface area contributed by atoms with E-state index in [2.05, 4.69) is 4.98 Å². The summed E-state index contributed by atoms with van der Waals surface area (Å²) < 4.78 is 28.4. The molecule has 0 amide bonds. The van der Waals surface area contributed by atoms with Gasteiger partial charge in [0.05, 0.1) is 6.61 Å². The zero-order valence-electron chi connectivity index (χ0n) is 9.96. The molecule has 0 saturated carbocycles. The fourth-order valence-electron chi connectivity index (χ4n) is 1.80. The van der Waals surface area contributed by atoms with Crippen LogP contribution < -0.4 is 0 Å². The third kappa shape index (κ3) is 3.52. The number of hydrogen-bond donors (Lipinski definition) is 1. The van der Waals surface area contributed by atoms with Gasteiger partial charge in [0.2, 0.25) is 0 Å². The Hall–Kier alpha value is -1.46. The third-order valence-corrected chi connectivity index (χ3v) is 2.90. The van der Waals surface area contributed by atoms with E-state index in [4.69, 9.17) is 16.3 Å². The topological polar surface area (TPSA) is 42.1 Å². The highest BCUT2D eigenvalue weighted by molar-refractivity contribution is 6.31. The van der Waals surface area contributed by atoms with E-state index in [9.17, 15) is 13.6 Å². The molecule has 1 N–H and O–H groups in total. The lowest BCUT2D eigenvalue weighted by atomic mass is 10.1. The van der Waals surface area contributed by atoms with Gasteiger partial charge < -0.3 is 9.72 Å². The minimum Gasteiger partial charge on any atom is -0.375 e. The van der Waals surface area contributed by atoms with Crippen molar-refractivity contribution in [2.45, 2.75) is 12.8 Å². The van der Waals surface area contributed by atoms with Crippen LogP contribution in [0.5, 0.6) is 0 Å². The van der Waals surface area contributed by atoms with Crippen molar-refractivity contribution >= 4 is 28.3 Å². The van der Waals surface area contributed by atoms with Crippen molar-refractivity contribution < 1.29 is 18.3 Å². The van der Waals surface area contributed by atoms with E-state index >= 15 is 0 Å². The van der Waals surface area contributed by atoms with Crippen molar-refractivity contribution in [1.29, 1.82) is 0 Å². The van der Waals surface area contributed by atoms with Gasteiger partial charge in [-0.05, 0) is 12.1 Å². The Balaban J connectivity index is 2.01. The molecule has 0 radical (unpaired) electrons. The normalized spacial score (nSPS) is 11.4. The first-order valence-electron chi connectivity index (χ1n) is 5.73. The summed E-state index contributed by atoms with van der Waals surface area (Å²) >= 11 is 5.84. The van der Waals surface area contributed by atoms with Gasteiger partial charge >= 0.3 is 0 Å². The van der Waals surface area contributed by atoms with Crippen molar-refractivity contribution in [1.82, 2.24) is 4.98 Å². The second-order valence-electron chi connectivity index (χ2n) is 4.03. The van der Waals surface area contributed by atoms with Gasteiger partial charge in [-0.25, -0.2) is 8.78 Å². The summed E-state index contributed by atoms with van der Waals surface area (Å²) in [4.78, 5) is 14.9. The van der Waals surface area contributed by atoms with Gasteiger partial charge in [0, 0.05) is 34.1 Å². The second-order valence-corrected chi connectivity index (χ2v) is 4.47. The van der Waals surface area contributed by atoms with E-state index in [1.165, 1.54) is 0 Å². The maximum atomic E-state index is 11.9. The van der Waals surface area contributed by atoms with Crippen molar-refractivity contribution in [3.8, 4) is 0 Å². The van der Waals surface area contributed by atoms with Crippen LogP contribution in [0.2, 0.25) is 5.02 Å². The summed E-state index contributed by atoms with van der Waals surface area (Å²) in [6, 6.07) is 5.17. The Morgan fingerprint density at radius 2 is 2.21 bits per heavy atom. The number of H-pyrrole nitrogens is 1. The van der Waals surface area contributed by atoms with Crippen LogP contribution in [0.3, 0.4) is 0 Å². The van der Waals surface area contributed by atoms with E-state index in [0.717, 1.165) is 10.9 Å². The number of hydrogen-bond acceptors (Lipinski definition) is 2. The molecule has 0 atom stereocenters. The van der Waals surface area contributed by atoms with Gasteiger partial charge in [0.25, 0.3) is 6.43 Å². The number of ketones is 1. The van der Waals surface area contributed by atoms with E-state index in [1.54, 1.807) is 24.4 Å². The van der Waals surface area contributed by atoms with Crippen LogP contribution in [-0.2, 0) is 4.74 Å². The number of carbonyl (C=O) groups is 1. The lowest BCUT2D eigenvalue weighted by molar-refractivity contribution is 0.0170. The molecule has 1 aromatic carbocycles. The molecule has 1 aromatic heterocycles. The molecule has 1 heterocycles. The summed E-state index contributed by atoms with van der Waals surface area (Å²) in [6.07, 6.45) is -0.844. The molecule has 6 heteroatoms. The Kier molecular flexibility index (Phi) is 4.50. The van der Waals surface area contributed by atoms with Crippen molar-refractivity contribution in [2.24, 2.45) is 0 Å². The number of nitrogens with one attached hydrogen (secondary N) is 1. The molecule has 0 fully saturated rings. The SMILES string of the molecule is O=C(CCOCC(F)F)c1c[nH]c2cc(Cl)ccc12. The molecule has 102 valence electrons. The average molecular weight is 288 g/mol. The Morgan fingerprint density at radius 3 is 2.95 bits per heavy atom. The number of halogens is 3. The molecule has 2 rings (SSSR count). The van der Waals surface area contributed by atoms with Crippen LogP contribution in [0.25, 0.3) is 10.9 Å². The standard InChI is InChI=1S/C13H12ClF2NO2/c14-8-1-2-9-10(6-17-11(9)5-8)12(18)3-4-19-7-13(15)16/h1-2,5-6,13,17H,3-4,7H2. The lowest BCUT2D eigenvalue weighted by Gasteiger charge is -2.02. The van der Waals surface area contributed by atoms with Crippen LogP contribution in [0.4, 0.5) is 8.78 Å². The number of carbonyl (C=O) groups excluding carboxylic acids is 1. The van der Waals surface area contributed by atoms with Crippen LogP contribution in [-0.4, -0.2) is 30.4 Å². The van der Waals surface area contributed by atoms with E-state index in [0.29, 0.717) is 10.6 Å². The minimum absolute atomic E-state index is 0.0105. The summed E-state index contributed by atoms with van der Waals surface area (Å²) in [5.74, 6) is -0.150. The minimum atomic E-state index is -2.51. The van der Waals surface area contributed by atoms with Crippen molar-refractivity contribution in [3.63, 3.8) is 0 Å². The smallest absolute Gasteiger partial charge is 0.261 e. The van der Waals surface area contributed by atoms with Crippen LogP contribution in [0.15, 0.2) is 24.4 Å². The Labute approximate surface area is 113 Å². The van der Waals surface area contributed by atoms with Crippen LogP contribution in [0, 0.1) is 0 Å². The largest absolute Gasteiger partial charge is 0.375 e. The molecule has 0 unspecified atom stereocenters. The summed E-state index contributed by atoms with van der Waals surface area (Å²) in [6.45, 7) is -0.653. The Morgan fingerprint density at radius 1 is 1.42 bits per heavy atom. The van der Waals surface area contributed by atoms with Gasteiger partial charge in [0.15, 0.2) is 5.78 Å². The lowest BCUT2D eigenvalue weighted by Crippen LogP contribution is -2.09. The van der Waals surface area contributed by atoms with E-state index in [1.807, 2.05) is 0 Å². The highest BCUT2D eigenvalue weighted by atomic mass is 35.5. The van der Waals surface area contributed by atoms with Crippen molar-refractivity contribution in [3.05, 3.63) is 35.0 Å². The van der Waals surface area contributed by atoms with E-state index in [-0.39, 0.29) is 18.8 Å². The molecule has 0 bridgehead atoms. The first-order chi connectivity index (χ1) is 9.08. The number of alkyl halides is 2. The monoisotopic (exact) mass is 287 g/mol. The van der Waals surface area contributed by atoms with Gasteiger partial charge in [0.1, 0.15) is 6.61 Å². The zero-order chi connectivity index (χ0) is 13.8. The Bertz CT molecular complexity index is 583. The molecule has 0 saturated heterocycles. The predicted octanol–water partition coefficient (Wildman–Crippen LogP) is 3.68. The maximum Gasteiger partial charge on any atom is 0.261 e. The fourth-order valence-corrected chi connectivity index (χ4v) is 1.97. The molecule has 0 spiro atoms. The maximum absolute atomic E-state index is 11.9. The number of benzene rings is 1. The molecule has 0 aliphatic carbocycles. The van der Waals surface area contributed by atoms with Gasteiger partial charge in [-0.3, -0.25) is 4.79 Å². The quantitative estimate of drug-likeness (QED) is 0.650. The molecule has 19 heavy (non-hydrogen) atoms. The van der Waals surface area contributed by atoms with Crippen molar-refractivity contribution in [2.75, 3.05) is 13.2 Å². The van der Waals surface area contributed by atoms with Crippen LogP contribution in [0.1, 0.15) is 16.8 Å². The number of aromatic amines is 1. The molecule has 0 aliphatic heterocycles. The first-order valence-corrected chi connectivity index (χ1v) is 6.11. The third-order valence-electron chi connectivity index (χ3n) is 2.66.